The van der Waals surface area contributed by atoms with Gasteiger partial charge in [-0.25, -0.2) is 0 Å². The Morgan fingerprint density at radius 2 is 1.94 bits per heavy atom. The zero-order valence-corrected chi connectivity index (χ0v) is 10.4. The van der Waals surface area contributed by atoms with Gasteiger partial charge in [-0.1, -0.05) is 43.2 Å². The fraction of sp³-hybridized carbons (Fsp3) is 0.500. The maximum atomic E-state index is 12.2. The first-order valence-corrected chi connectivity index (χ1v) is 6.41. The summed E-state index contributed by atoms with van der Waals surface area (Å²) >= 11 is 0. The number of hydrogen-bond donors (Lipinski definition) is 3. The number of nitrogens with one attached hydrogen (secondary N) is 1. The van der Waals surface area contributed by atoms with Crippen LogP contribution in [0.1, 0.15) is 37.3 Å². The molecular weight excluding hydrogens is 228 g/mol. The summed E-state index contributed by atoms with van der Waals surface area (Å²) in [5, 5.41) is 12.3. The smallest absolute Gasteiger partial charge is 0.240 e. The molecule has 98 valence electrons. The number of aliphatic hydroxyl groups is 1. The van der Waals surface area contributed by atoms with Gasteiger partial charge in [-0.05, 0) is 18.4 Å². The lowest BCUT2D eigenvalue weighted by molar-refractivity contribution is -0.127. The summed E-state index contributed by atoms with van der Waals surface area (Å²) in [6.45, 7) is -0.119. The molecule has 0 unspecified atom stereocenters. The van der Waals surface area contributed by atoms with E-state index in [4.69, 9.17) is 5.73 Å². The van der Waals surface area contributed by atoms with Crippen molar-refractivity contribution in [1.82, 2.24) is 5.32 Å². The van der Waals surface area contributed by atoms with Gasteiger partial charge in [0.25, 0.3) is 0 Å². The van der Waals surface area contributed by atoms with Crippen molar-refractivity contribution in [2.24, 2.45) is 5.73 Å². The monoisotopic (exact) mass is 248 g/mol. The third-order valence-electron chi connectivity index (χ3n) is 3.64. The number of amides is 1. The fourth-order valence-corrected chi connectivity index (χ4v) is 2.45. The van der Waals surface area contributed by atoms with Crippen molar-refractivity contribution in [2.75, 3.05) is 6.61 Å². The molecule has 0 bridgehead atoms. The zero-order chi connectivity index (χ0) is 13.0. The summed E-state index contributed by atoms with van der Waals surface area (Å²) in [5.74, 6) is -0.150. The summed E-state index contributed by atoms with van der Waals surface area (Å²) in [6.07, 6.45) is 3.45. The van der Waals surface area contributed by atoms with Crippen molar-refractivity contribution < 1.29 is 9.90 Å². The molecule has 4 nitrogen and oxygen atoms in total. The molecule has 1 aromatic rings. The standard InChI is InChI=1S/C14H20N2O2/c15-14(8-4-5-9-14)13(18)16-12(10-17)11-6-2-1-3-7-11/h1-3,6-7,12,17H,4-5,8-10,15H2,(H,16,18)/t12-/m0/s1. The third-order valence-corrected chi connectivity index (χ3v) is 3.64. The molecular formula is C14H20N2O2. The molecule has 1 atom stereocenters. The molecule has 18 heavy (non-hydrogen) atoms. The molecule has 0 aliphatic heterocycles. The molecule has 0 aromatic heterocycles. The first kappa shape index (κ1) is 13.1. The van der Waals surface area contributed by atoms with Gasteiger partial charge in [0.05, 0.1) is 18.2 Å². The number of carbonyl (C=O) groups excluding carboxylic acids is 1. The minimum Gasteiger partial charge on any atom is -0.394 e. The van der Waals surface area contributed by atoms with E-state index in [0.717, 1.165) is 31.2 Å². The molecule has 1 fully saturated rings. The Labute approximate surface area is 107 Å². The molecule has 0 saturated heterocycles. The lowest BCUT2D eigenvalue weighted by atomic mass is 9.97. The van der Waals surface area contributed by atoms with E-state index in [0.29, 0.717) is 0 Å². The molecule has 0 heterocycles. The van der Waals surface area contributed by atoms with Crippen LogP contribution in [0, 0.1) is 0 Å². The molecule has 1 aliphatic rings. The highest BCUT2D eigenvalue weighted by Gasteiger charge is 2.37. The van der Waals surface area contributed by atoms with E-state index in [1.165, 1.54) is 0 Å². The molecule has 1 saturated carbocycles. The number of carbonyl (C=O) groups is 1. The van der Waals surface area contributed by atoms with Crippen molar-refractivity contribution in [3.8, 4) is 0 Å². The second-order valence-electron chi connectivity index (χ2n) is 4.98. The number of rotatable bonds is 4. The van der Waals surface area contributed by atoms with Crippen LogP contribution in [-0.4, -0.2) is 23.2 Å². The fourth-order valence-electron chi connectivity index (χ4n) is 2.45. The predicted molar refractivity (Wildman–Crippen MR) is 69.8 cm³/mol. The van der Waals surface area contributed by atoms with E-state index in [2.05, 4.69) is 5.32 Å². The van der Waals surface area contributed by atoms with Crippen LogP contribution in [-0.2, 0) is 4.79 Å². The molecule has 2 rings (SSSR count). The number of nitrogens with two attached hydrogens (primary N) is 1. The van der Waals surface area contributed by atoms with Crippen LogP contribution in [0.4, 0.5) is 0 Å². The quantitative estimate of drug-likeness (QED) is 0.747. The van der Waals surface area contributed by atoms with Crippen molar-refractivity contribution in [3.05, 3.63) is 35.9 Å². The van der Waals surface area contributed by atoms with E-state index in [1.807, 2.05) is 30.3 Å². The molecule has 4 heteroatoms. The van der Waals surface area contributed by atoms with E-state index in [-0.39, 0.29) is 18.6 Å². The molecule has 0 radical (unpaired) electrons. The normalized spacial score (nSPS) is 19.4. The second kappa shape index (κ2) is 5.50. The van der Waals surface area contributed by atoms with Gasteiger partial charge < -0.3 is 16.2 Å². The van der Waals surface area contributed by atoms with Gasteiger partial charge >= 0.3 is 0 Å². The second-order valence-corrected chi connectivity index (χ2v) is 4.98. The largest absolute Gasteiger partial charge is 0.394 e. The molecule has 1 aliphatic carbocycles. The third kappa shape index (κ3) is 2.71. The Morgan fingerprint density at radius 1 is 1.33 bits per heavy atom. The SMILES string of the molecule is NC1(C(=O)N[C@@H](CO)c2ccccc2)CCCC1. The van der Waals surface area contributed by atoms with Crippen LogP contribution in [0.25, 0.3) is 0 Å². The van der Waals surface area contributed by atoms with Gasteiger partial charge in [0.1, 0.15) is 0 Å². The van der Waals surface area contributed by atoms with Crippen LogP contribution >= 0.6 is 0 Å². The lowest BCUT2D eigenvalue weighted by Crippen LogP contribution is -2.53. The van der Waals surface area contributed by atoms with Gasteiger partial charge in [0, 0.05) is 0 Å². The van der Waals surface area contributed by atoms with Crippen LogP contribution in [0.15, 0.2) is 30.3 Å². The summed E-state index contributed by atoms with van der Waals surface area (Å²) in [7, 11) is 0. The van der Waals surface area contributed by atoms with Crippen LogP contribution in [0.5, 0.6) is 0 Å². The molecule has 1 aromatic carbocycles. The Kier molecular flexibility index (Phi) is 3.99. The molecule has 4 N–H and O–H groups in total. The Balaban J connectivity index is 2.05. The summed E-state index contributed by atoms with van der Waals surface area (Å²) < 4.78 is 0. The van der Waals surface area contributed by atoms with Crippen LogP contribution in [0.3, 0.4) is 0 Å². The van der Waals surface area contributed by atoms with Crippen molar-refractivity contribution in [3.63, 3.8) is 0 Å². The average molecular weight is 248 g/mol. The maximum Gasteiger partial charge on any atom is 0.240 e. The minimum absolute atomic E-state index is 0.119. The Hall–Kier alpha value is -1.39. The maximum absolute atomic E-state index is 12.2. The highest BCUT2D eigenvalue weighted by atomic mass is 16.3. The van der Waals surface area contributed by atoms with Gasteiger partial charge in [-0.3, -0.25) is 4.79 Å². The Bertz CT molecular complexity index is 400. The predicted octanol–water partition coefficient (Wildman–Crippen LogP) is 1.11. The van der Waals surface area contributed by atoms with E-state index >= 15 is 0 Å². The van der Waals surface area contributed by atoms with Crippen molar-refractivity contribution in [2.45, 2.75) is 37.3 Å². The highest BCUT2D eigenvalue weighted by Crippen LogP contribution is 2.28. The first-order chi connectivity index (χ1) is 8.65. The lowest BCUT2D eigenvalue weighted by Gasteiger charge is -2.26. The van der Waals surface area contributed by atoms with Gasteiger partial charge in [-0.2, -0.15) is 0 Å². The zero-order valence-electron chi connectivity index (χ0n) is 10.4. The summed E-state index contributed by atoms with van der Waals surface area (Å²) in [5.41, 5.74) is 6.24. The van der Waals surface area contributed by atoms with Gasteiger partial charge in [0.2, 0.25) is 5.91 Å². The summed E-state index contributed by atoms with van der Waals surface area (Å²) in [6, 6.07) is 9.08. The molecule has 1 amide bonds. The topological polar surface area (TPSA) is 75.4 Å². The minimum atomic E-state index is -0.748. The summed E-state index contributed by atoms with van der Waals surface area (Å²) in [4.78, 5) is 12.2. The van der Waals surface area contributed by atoms with Crippen LogP contribution in [0.2, 0.25) is 0 Å². The first-order valence-electron chi connectivity index (χ1n) is 6.41. The van der Waals surface area contributed by atoms with Crippen LogP contribution < -0.4 is 11.1 Å². The van der Waals surface area contributed by atoms with Gasteiger partial charge in [0.15, 0.2) is 0 Å². The van der Waals surface area contributed by atoms with Crippen molar-refractivity contribution in [1.29, 1.82) is 0 Å². The number of aliphatic hydroxyl groups excluding tert-OH is 1. The van der Waals surface area contributed by atoms with E-state index in [9.17, 15) is 9.90 Å². The van der Waals surface area contributed by atoms with E-state index in [1.54, 1.807) is 0 Å². The molecule has 0 spiro atoms. The van der Waals surface area contributed by atoms with Gasteiger partial charge in [-0.15, -0.1) is 0 Å². The highest BCUT2D eigenvalue weighted by molar-refractivity contribution is 5.86. The Morgan fingerprint density at radius 3 is 2.50 bits per heavy atom. The number of benzene rings is 1. The van der Waals surface area contributed by atoms with Crippen molar-refractivity contribution >= 4 is 5.91 Å². The van der Waals surface area contributed by atoms with E-state index < -0.39 is 5.54 Å². The average Bonchev–Trinajstić information content (AvgIpc) is 2.85. The number of hydrogen-bond acceptors (Lipinski definition) is 3.